The van der Waals surface area contributed by atoms with E-state index in [1.54, 1.807) is 19.1 Å². The highest BCUT2D eigenvalue weighted by Gasteiger charge is 2.51. The number of rotatable bonds is 12. The Morgan fingerprint density at radius 1 is 1.26 bits per heavy atom. The Kier molecular flexibility index (Phi) is 10.8. The van der Waals surface area contributed by atoms with Gasteiger partial charge in [0.15, 0.2) is 11.6 Å². The van der Waals surface area contributed by atoms with Crippen molar-refractivity contribution in [2.45, 2.75) is 81.8 Å². The van der Waals surface area contributed by atoms with Crippen LogP contribution in [0.4, 0.5) is 22.4 Å². The van der Waals surface area contributed by atoms with Crippen molar-refractivity contribution in [2.75, 3.05) is 33.9 Å². The van der Waals surface area contributed by atoms with Gasteiger partial charge in [-0.15, -0.1) is 0 Å². The number of hydrogen-bond donors (Lipinski definition) is 3. The number of nitrogens with one attached hydrogen (secondary N) is 1. The monoisotopic (exact) mass is 545 g/mol. The molecule has 3 rings (SSSR count). The average Bonchev–Trinajstić information content (AvgIpc) is 2.88. The molecule has 2 aliphatic rings. The number of hydrogen-bond acceptors (Lipinski definition) is 4. The number of amides is 2. The molecule has 2 fully saturated rings. The molecule has 2 unspecified atom stereocenters. The number of primary amides is 1. The lowest BCUT2D eigenvalue weighted by molar-refractivity contribution is -0.0974. The molecule has 2 amide bonds. The highest BCUT2D eigenvalue weighted by atomic mass is 19.3. The lowest BCUT2D eigenvalue weighted by Crippen LogP contribution is -2.60. The fourth-order valence-electron chi connectivity index (χ4n) is 6.75. The van der Waals surface area contributed by atoms with Crippen molar-refractivity contribution in [3.63, 3.8) is 0 Å². The molecule has 38 heavy (non-hydrogen) atoms. The zero-order valence-corrected chi connectivity index (χ0v) is 22.5. The van der Waals surface area contributed by atoms with Crippen LogP contribution in [0.3, 0.4) is 0 Å². The van der Waals surface area contributed by atoms with Gasteiger partial charge in [0, 0.05) is 50.6 Å². The molecule has 1 saturated heterocycles. The fourth-order valence-corrected chi connectivity index (χ4v) is 6.75. The van der Waals surface area contributed by atoms with E-state index in [9.17, 15) is 23.1 Å². The number of halogens is 4. The Bertz CT molecular complexity index is 911. The zero-order valence-electron chi connectivity index (χ0n) is 22.5. The fraction of sp³-hybridized carbons (Fsp3) is 0.750. The van der Waals surface area contributed by atoms with Gasteiger partial charge >= 0.3 is 6.03 Å². The van der Waals surface area contributed by atoms with Crippen LogP contribution in [0.1, 0.15) is 69.8 Å². The highest BCUT2D eigenvalue weighted by Crippen LogP contribution is 2.47. The Hall–Kier alpha value is -1.91. The van der Waals surface area contributed by atoms with E-state index in [2.05, 4.69) is 5.32 Å². The van der Waals surface area contributed by atoms with Crippen molar-refractivity contribution in [3.8, 4) is 0 Å². The van der Waals surface area contributed by atoms with Crippen LogP contribution in [0, 0.1) is 29.4 Å². The minimum absolute atomic E-state index is 0.0333. The molecule has 4 atom stereocenters. The molecule has 6 nitrogen and oxygen atoms in total. The quantitative estimate of drug-likeness (QED) is 0.250. The number of methoxy groups -OCH3 is 1. The number of aliphatic hydroxyl groups is 1. The van der Waals surface area contributed by atoms with Crippen LogP contribution in [0.5, 0.6) is 0 Å². The second-order valence-electron chi connectivity index (χ2n) is 11.1. The van der Waals surface area contributed by atoms with Crippen molar-refractivity contribution in [1.82, 2.24) is 10.2 Å². The number of nitrogens with zero attached hydrogens (tertiary/aromatic N) is 1. The summed E-state index contributed by atoms with van der Waals surface area (Å²) in [6.07, 6.45) is 3.25. The van der Waals surface area contributed by atoms with E-state index < -0.39 is 41.1 Å². The Balaban J connectivity index is 2.02. The second-order valence-corrected chi connectivity index (χ2v) is 11.1. The van der Waals surface area contributed by atoms with E-state index in [4.69, 9.17) is 10.5 Å². The number of benzene rings is 1. The van der Waals surface area contributed by atoms with E-state index in [1.165, 1.54) is 12.1 Å². The number of unbranched alkanes of at least 4 members (excludes halogenated alkanes) is 1. The third-order valence-corrected chi connectivity index (χ3v) is 8.58. The predicted molar refractivity (Wildman–Crippen MR) is 138 cm³/mol. The van der Waals surface area contributed by atoms with Gasteiger partial charge in [0.05, 0.1) is 5.60 Å². The van der Waals surface area contributed by atoms with Gasteiger partial charge in [0.2, 0.25) is 5.92 Å². The van der Waals surface area contributed by atoms with Gasteiger partial charge in [-0.3, -0.25) is 0 Å². The van der Waals surface area contributed by atoms with Crippen molar-refractivity contribution in [2.24, 2.45) is 23.5 Å². The van der Waals surface area contributed by atoms with Crippen LogP contribution < -0.4 is 11.1 Å². The van der Waals surface area contributed by atoms with Gasteiger partial charge in [-0.2, -0.15) is 0 Å². The molecular formula is C28H43F4N3O3. The number of likely N-dealkylation sites (tertiary alicyclic amines) is 1. The molecule has 1 aliphatic carbocycles. The number of alkyl halides is 2. The van der Waals surface area contributed by atoms with Gasteiger partial charge in [0.25, 0.3) is 0 Å². The molecule has 216 valence electrons. The maximum atomic E-state index is 15.3. The van der Waals surface area contributed by atoms with Crippen LogP contribution in [0.15, 0.2) is 18.2 Å². The summed E-state index contributed by atoms with van der Waals surface area (Å²) >= 11 is 0. The van der Waals surface area contributed by atoms with Crippen LogP contribution >= 0.6 is 0 Å². The topological polar surface area (TPSA) is 87.8 Å². The molecular weight excluding hydrogens is 502 g/mol. The molecule has 1 heterocycles. The van der Waals surface area contributed by atoms with Crippen molar-refractivity contribution < 1.29 is 32.2 Å². The molecule has 0 aromatic heterocycles. The van der Waals surface area contributed by atoms with E-state index in [0.29, 0.717) is 64.6 Å². The summed E-state index contributed by atoms with van der Waals surface area (Å²) in [5.41, 5.74) is 3.93. The molecule has 1 aliphatic heterocycles. The van der Waals surface area contributed by atoms with Crippen LogP contribution in [-0.2, 0) is 10.3 Å². The lowest BCUT2D eigenvalue weighted by Gasteiger charge is -2.51. The van der Waals surface area contributed by atoms with E-state index in [-0.39, 0.29) is 36.7 Å². The molecule has 0 spiro atoms. The molecule has 4 N–H and O–H groups in total. The van der Waals surface area contributed by atoms with Crippen LogP contribution in [0.25, 0.3) is 0 Å². The van der Waals surface area contributed by atoms with Gasteiger partial charge in [-0.05, 0) is 82.9 Å². The Morgan fingerprint density at radius 2 is 1.97 bits per heavy atom. The summed E-state index contributed by atoms with van der Waals surface area (Å²) in [5.74, 6) is -5.63. The van der Waals surface area contributed by atoms with Gasteiger partial charge in [-0.1, -0.05) is 12.1 Å². The van der Waals surface area contributed by atoms with Gasteiger partial charge in [-0.25, -0.2) is 22.4 Å². The zero-order chi connectivity index (χ0) is 27.9. The summed E-state index contributed by atoms with van der Waals surface area (Å²) in [6.45, 7) is 1.30. The van der Waals surface area contributed by atoms with Crippen LogP contribution in [0.2, 0.25) is 0 Å². The Labute approximate surface area is 223 Å². The number of urea groups is 1. The molecule has 0 radical (unpaired) electrons. The predicted octanol–water partition coefficient (Wildman–Crippen LogP) is 5.18. The summed E-state index contributed by atoms with van der Waals surface area (Å²) in [4.78, 5) is 14.2. The first-order chi connectivity index (χ1) is 18.0. The molecule has 0 bridgehead atoms. The summed E-state index contributed by atoms with van der Waals surface area (Å²) in [6, 6.07) is 2.58. The van der Waals surface area contributed by atoms with Crippen LogP contribution in [-0.4, -0.2) is 61.9 Å². The first kappa shape index (κ1) is 30.6. The maximum absolute atomic E-state index is 15.3. The second kappa shape index (κ2) is 13.4. The van der Waals surface area contributed by atoms with E-state index in [0.717, 1.165) is 6.07 Å². The number of nitrogens with two attached hydrogens (primary N) is 1. The lowest BCUT2D eigenvalue weighted by atomic mass is 9.65. The number of piperidine rings is 1. The minimum Gasteiger partial charge on any atom is -0.385 e. The first-order valence-electron chi connectivity index (χ1n) is 13.8. The largest absolute Gasteiger partial charge is 0.385 e. The minimum atomic E-state index is -2.65. The molecule has 10 heteroatoms. The first-order valence-corrected chi connectivity index (χ1v) is 13.8. The van der Waals surface area contributed by atoms with Gasteiger partial charge in [0.1, 0.15) is 0 Å². The van der Waals surface area contributed by atoms with Crippen molar-refractivity contribution in [3.05, 3.63) is 35.4 Å². The SMILES string of the molecule is CNC[C@H](CC1CCC(F)(F)CC1)C1C([C@@](O)(CCCCOC)c2cccc(F)c2F)CCCN1C(N)=O. The van der Waals surface area contributed by atoms with Crippen molar-refractivity contribution >= 4 is 6.03 Å². The molecule has 1 aromatic rings. The highest BCUT2D eigenvalue weighted by molar-refractivity contribution is 5.72. The number of carbonyl (C=O) groups excluding carboxylic acids is 1. The third-order valence-electron chi connectivity index (χ3n) is 8.58. The summed E-state index contributed by atoms with van der Waals surface area (Å²) in [5, 5.41) is 15.5. The molecule has 1 saturated carbocycles. The van der Waals surface area contributed by atoms with E-state index in [1.807, 2.05) is 0 Å². The summed E-state index contributed by atoms with van der Waals surface area (Å²) in [7, 11) is 3.35. The van der Waals surface area contributed by atoms with E-state index >= 15 is 4.39 Å². The normalized spacial score (nSPS) is 24.7. The molecule has 1 aromatic carbocycles. The number of ether oxygens (including phenoxy) is 1. The maximum Gasteiger partial charge on any atom is 0.315 e. The summed E-state index contributed by atoms with van der Waals surface area (Å²) < 4.78 is 62.5. The average molecular weight is 546 g/mol. The van der Waals surface area contributed by atoms with Gasteiger partial charge < -0.3 is 25.8 Å². The Morgan fingerprint density at radius 3 is 2.61 bits per heavy atom. The standard InChI is InChI=1S/C28H43F4N3O3/c1-34-18-20(17-19-10-13-27(31,32)14-11-19)25-22(8-6-15-35(25)26(33)36)28(37,12-3-4-16-38-2)21-7-5-9-23(29)24(21)30/h5,7,9,19-20,22,25,34,37H,3-4,6,8,10-18H2,1-2H3,(H2,33,36)/t20-,22?,25?,28+/m0/s1. The van der Waals surface area contributed by atoms with Crippen molar-refractivity contribution in [1.29, 1.82) is 0 Å². The number of carbonyl (C=O) groups is 1. The smallest absolute Gasteiger partial charge is 0.315 e. The third kappa shape index (κ3) is 7.18.